The van der Waals surface area contributed by atoms with E-state index in [0.29, 0.717) is 0 Å². The Kier molecular flexibility index (Phi) is 7.17. The summed E-state index contributed by atoms with van der Waals surface area (Å²) >= 11 is 0. The van der Waals surface area contributed by atoms with E-state index in [2.05, 4.69) is 226 Å². The predicted octanol–water partition coefficient (Wildman–Crippen LogP) is 14.2. The molecule has 0 fully saturated rings. The van der Waals surface area contributed by atoms with E-state index < -0.39 is 0 Å². The molecule has 2 aromatic heterocycles. The fourth-order valence-corrected chi connectivity index (χ4v) is 8.60. The Hall–Kier alpha value is -7.36. The number of hydrogen-bond acceptors (Lipinski definition) is 1. The van der Waals surface area contributed by atoms with E-state index in [4.69, 9.17) is 0 Å². The van der Waals surface area contributed by atoms with Crippen molar-refractivity contribution in [1.29, 1.82) is 0 Å². The third-order valence-corrected chi connectivity index (χ3v) is 11.1. The fourth-order valence-electron chi connectivity index (χ4n) is 8.60. The normalized spacial score (nSPS) is 11.6. The molecule has 11 rings (SSSR count). The summed E-state index contributed by atoms with van der Waals surface area (Å²) in [5, 5.41) is 7.44. The van der Waals surface area contributed by atoms with Gasteiger partial charge in [-0.1, -0.05) is 121 Å². The van der Waals surface area contributed by atoms with Crippen molar-refractivity contribution < 1.29 is 0 Å². The zero-order valence-corrected chi connectivity index (χ0v) is 30.0. The van der Waals surface area contributed by atoms with Crippen LogP contribution in [-0.2, 0) is 0 Å². The molecule has 0 spiro atoms. The number of benzene rings is 9. The molecule has 0 bridgehead atoms. The lowest BCUT2D eigenvalue weighted by molar-refractivity contribution is 1.17. The van der Waals surface area contributed by atoms with Crippen LogP contribution in [0.2, 0.25) is 0 Å². The minimum absolute atomic E-state index is 1.11. The molecule has 0 amide bonds. The highest BCUT2D eigenvalue weighted by Gasteiger charge is 2.18. The number of anilines is 3. The number of para-hydroxylation sites is 4. The Bertz CT molecular complexity index is 3180. The summed E-state index contributed by atoms with van der Waals surface area (Å²) in [5.41, 5.74) is 12.9. The fraction of sp³-hybridized carbons (Fsp3) is 0. The predicted molar refractivity (Wildman–Crippen MR) is 233 cm³/mol. The van der Waals surface area contributed by atoms with Crippen molar-refractivity contribution >= 4 is 71.4 Å². The van der Waals surface area contributed by atoms with E-state index in [-0.39, 0.29) is 0 Å². The maximum atomic E-state index is 2.40. The molecule has 2 heterocycles. The monoisotopic (exact) mass is 701 g/mol. The van der Waals surface area contributed by atoms with Crippen molar-refractivity contribution in [3.63, 3.8) is 0 Å². The molecule has 0 aliphatic heterocycles. The first kappa shape index (κ1) is 31.2. The molecular weight excluding hydrogens is 667 g/mol. The number of hydrogen-bond donors (Lipinski definition) is 0. The Labute approximate surface area is 319 Å². The van der Waals surface area contributed by atoms with Gasteiger partial charge in [-0.05, 0) is 108 Å². The number of nitrogens with zero attached hydrogens (tertiary/aromatic N) is 3. The summed E-state index contributed by atoms with van der Waals surface area (Å²) in [6, 6.07) is 76.8. The van der Waals surface area contributed by atoms with Gasteiger partial charge in [0.1, 0.15) is 0 Å². The summed E-state index contributed by atoms with van der Waals surface area (Å²) in [7, 11) is 0. The Morgan fingerprint density at radius 3 is 1.36 bits per heavy atom. The van der Waals surface area contributed by atoms with Crippen LogP contribution in [0, 0.1) is 0 Å². The van der Waals surface area contributed by atoms with Crippen molar-refractivity contribution in [3.8, 4) is 22.5 Å². The largest absolute Gasteiger partial charge is 0.310 e. The van der Waals surface area contributed by atoms with E-state index in [1.807, 2.05) is 0 Å². The molecule has 0 N–H and O–H groups in total. The van der Waals surface area contributed by atoms with Gasteiger partial charge in [-0.2, -0.15) is 0 Å². The summed E-state index contributed by atoms with van der Waals surface area (Å²) in [5.74, 6) is 0. The summed E-state index contributed by atoms with van der Waals surface area (Å²) in [6.45, 7) is 0. The van der Waals surface area contributed by atoms with E-state index >= 15 is 0 Å². The first-order valence-electron chi connectivity index (χ1n) is 18.9. The molecule has 0 aliphatic rings. The minimum atomic E-state index is 1.11. The summed E-state index contributed by atoms with van der Waals surface area (Å²) < 4.78 is 4.78. The molecule has 0 saturated carbocycles. The maximum absolute atomic E-state index is 2.40. The zero-order chi connectivity index (χ0) is 36.3. The number of fused-ring (bicyclic) bond motifs is 7. The summed E-state index contributed by atoms with van der Waals surface area (Å²) in [6.07, 6.45) is 0. The van der Waals surface area contributed by atoms with Gasteiger partial charge in [0.25, 0.3) is 0 Å². The molecule has 3 heteroatoms. The molecule has 3 nitrogen and oxygen atoms in total. The van der Waals surface area contributed by atoms with Gasteiger partial charge in [-0.25, -0.2) is 0 Å². The van der Waals surface area contributed by atoms with Gasteiger partial charge in [0.05, 0.1) is 27.8 Å². The molecule has 0 atom stereocenters. The van der Waals surface area contributed by atoms with Gasteiger partial charge in [-0.3, -0.25) is 0 Å². The van der Waals surface area contributed by atoms with Gasteiger partial charge in [-0.15, -0.1) is 0 Å². The highest BCUT2D eigenvalue weighted by molar-refractivity contribution is 6.12. The van der Waals surface area contributed by atoms with Crippen LogP contribution in [0.4, 0.5) is 17.1 Å². The highest BCUT2D eigenvalue weighted by atomic mass is 15.1. The second kappa shape index (κ2) is 12.6. The first-order valence-corrected chi connectivity index (χ1v) is 18.9. The quantitative estimate of drug-likeness (QED) is 0.168. The average molecular weight is 702 g/mol. The Morgan fingerprint density at radius 1 is 0.291 bits per heavy atom. The zero-order valence-electron chi connectivity index (χ0n) is 30.0. The van der Waals surface area contributed by atoms with Crippen LogP contribution in [0.15, 0.2) is 212 Å². The summed E-state index contributed by atoms with van der Waals surface area (Å²) in [4.78, 5) is 2.36. The highest BCUT2D eigenvalue weighted by Crippen LogP contribution is 2.41. The second-order valence-corrected chi connectivity index (χ2v) is 14.2. The molecule has 55 heavy (non-hydrogen) atoms. The van der Waals surface area contributed by atoms with Crippen molar-refractivity contribution in [2.45, 2.75) is 0 Å². The lowest BCUT2D eigenvalue weighted by Gasteiger charge is -2.27. The van der Waals surface area contributed by atoms with Crippen LogP contribution >= 0.6 is 0 Å². The van der Waals surface area contributed by atoms with E-state index in [1.165, 1.54) is 71.2 Å². The third kappa shape index (κ3) is 5.05. The van der Waals surface area contributed by atoms with Crippen molar-refractivity contribution in [2.24, 2.45) is 0 Å². The van der Waals surface area contributed by atoms with Crippen molar-refractivity contribution in [3.05, 3.63) is 212 Å². The first-order chi connectivity index (χ1) is 27.3. The molecule has 0 radical (unpaired) electrons. The molecule has 258 valence electrons. The standard InChI is InChI=1S/C52H35N3/c1-3-16-39(17-4-1)53(48-25-13-15-36-14-7-8-20-43(36)48)41-28-30-42(31-29-41)55-50-24-12-10-22-45(50)47-35-38(27-33-52(47)55)37-26-32-51-46(34-37)44-21-9-11-23-49(44)54(51)40-18-5-2-6-19-40/h1-35H. The van der Waals surface area contributed by atoms with Crippen molar-refractivity contribution in [2.75, 3.05) is 4.90 Å². The van der Waals surface area contributed by atoms with Gasteiger partial charge in [0.15, 0.2) is 0 Å². The lowest BCUT2D eigenvalue weighted by atomic mass is 10.0. The molecule has 11 aromatic rings. The van der Waals surface area contributed by atoms with Crippen LogP contribution < -0.4 is 4.90 Å². The van der Waals surface area contributed by atoms with Gasteiger partial charge >= 0.3 is 0 Å². The van der Waals surface area contributed by atoms with Gasteiger partial charge in [0.2, 0.25) is 0 Å². The average Bonchev–Trinajstić information content (AvgIpc) is 3.77. The molecule has 9 aromatic carbocycles. The lowest BCUT2D eigenvalue weighted by Crippen LogP contribution is -2.10. The second-order valence-electron chi connectivity index (χ2n) is 14.2. The Balaban J connectivity index is 1.03. The minimum Gasteiger partial charge on any atom is -0.310 e. The van der Waals surface area contributed by atoms with Crippen LogP contribution in [0.5, 0.6) is 0 Å². The SMILES string of the molecule is c1ccc(N(c2ccc(-n3c4ccccc4c4cc(-c5ccc6c(c5)c5ccccc5n6-c5ccccc5)ccc43)cc2)c2cccc3ccccc23)cc1. The van der Waals surface area contributed by atoms with Gasteiger partial charge in [0, 0.05) is 49.7 Å². The topological polar surface area (TPSA) is 13.1 Å². The van der Waals surface area contributed by atoms with E-state index in [1.54, 1.807) is 0 Å². The van der Waals surface area contributed by atoms with Crippen LogP contribution in [-0.4, -0.2) is 9.13 Å². The molecule has 0 saturated heterocycles. The van der Waals surface area contributed by atoms with E-state index in [0.717, 1.165) is 22.7 Å². The molecule has 0 aliphatic carbocycles. The van der Waals surface area contributed by atoms with Crippen LogP contribution in [0.1, 0.15) is 0 Å². The van der Waals surface area contributed by atoms with Crippen LogP contribution in [0.25, 0.3) is 76.9 Å². The smallest absolute Gasteiger partial charge is 0.0541 e. The maximum Gasteiger partial charge on any atom is 0.0541 e. The number of aromatic nitrogens is 2. The van der Waals surface area contributed by atoms with Gasteiger partial charge < -0.3 is 14.0 Å². The Morgan fingerprint density at radius 2 is 0.745 bits per heavy atom. The van der Waals surface area contributed by atoms with Crippen molar-refractivity contribution in [1.82, 2.24) is 9.13 Å². The molecular formula is C52H35N3. The number of rotatable bonds is 6. The molecule has 0 unspecified atom stereocenters. The van der Waals surface area contributed by atoms with E-state index in [9.17, 15) is 0 Å². The third-order valence-electron chi connectivity index (χ3n) is 11.1. The van der Waals surface area contributed by atoms with Crippen LogP contribution in [0.3, 0.4) is 0 Å².